The highest BCUT2D eigenvalue weighted by Gasteiger charge is 2.08. The van der Waals surface area contributed by atoms with Crippen molar-refractivity contribution in [1.82, 2.24) is 20.2 Å². The molecule has 126 valence electrons. The molecule has 25 heavy (non-hydrogen) atoms. The third-order valence-electron chi connectivity index (χ3n) is 3.80. The monoisotopic (exact) mass is 333 g/mol. The standard InChI is InChI=1S/C18H19N7/c1-10(2)12-7-17(25-22-9-12)24-16-5-4-14-15(23-16)6-13(8-21-14)18(20)11(3)19/h4-10,19-20H,1-3H3,(H,23,24,25). The molecule has 0 amide bonds. The van der Waals surface area contributed by atoms with Gasteiger partial charge >= 0.3 is 0 Å². The third kappa shape index (κ3) is 3.65. The van der Waals surface area contributed by atoms with Gasteiger partial charge in [0.05, 0.1) is 28.7 Å². The first kappa shape index (κ1) is 16.6. The normalized spacial score (nSPS) is 10.9. The molecule has 3 aromatic rings. The minimum Gasteiger partial charge on any atom is -0.323 e. The van der Waals surface area contributed by atoms with Crippen LogP contribution >= 0.6 is 0 Å². The van der Waals surface area contributed by atoms with Gasteiger partial charge in [0.25, 0.3) is 0 Å². The summed E-state index contributed by atoms with van der Waals surface area (Å²) >= 11 is 0. The van der Waals surface area contributed by atoms with Gasteiger partial charge < -0.3 is 10.7 Å². The summed E-state index contributed by atoms with van der Waals surface area (Å²) in [5.74, 6) is 1.62. The van der Waals surface area contributed by atoms with E-state index >= 15 is 0 Å². The molecule has 0 saturated heterocycles. The molecule has 0 spiro atoms. The van der Waals surface area contributed by atoms with Gasteiger partial charge in [-0.1, -0.05) is 13.8 Å². The lowest BCUT2D eigenvalue weighted by Gasteiger charge is -2.09. The molecule has 0 aliphatic heterocycles. The van der Waals surface area contributed by atoms with E-state index in [4.69, 9.17) is 10.8 Å². The third-order valence-corrected chi connectivity index (χ3v) is 3.80. The van der Waals surface area contributed by atoms with E-state index in [0.29, 0.717) is 28.6 Å². The Hall–Kier alpha value is -3.22. The van der Waals surface area contributed by atoms with Gasteiger partial charge in [-0.2, -0.15) is 5.10 Å². The highest BCUT2D eigenvalue weighted by atomic mass is 15.2. The van der Waals surface area contributed by atoms with E-state index in [-0.39, 0.29) is 11.4 Å². The zero-order valence-corrected chi connectivity index (χ0v) is 14.3. The maximum Gasteiger partial charge on any atom is 0.154 e. The smallest absolute Gasteiger partial charge is 0.154 e. The number of hydrogen-bond donors (Lipinski definition) is 3. The van der Waals surface area contributed by atoms with Crippen LogP contribution in [0.15, 0.2) is 36.7 Å². The van der Waals surface area contributed by atoms with E-state index in [2.05, 4.69) is 39.3 Å². The first-order chi connectivity index (χ1) is 11.9. The van der Waals surface area contributed by atoms with Gasteiger partial charge in [-0.25, -0.2) is 4.98 Å². The van der Waals surface area contributed by atoms with Crippen LogP contribution in [-0.4, -0.2) is 31.6 Å². The van der Waals surface area contributed by atoms with Gasteiger partial charge in [0.2, 0.25) is 0 Å². The number of pyridine rings is 2. The van der Waals surface area contributed by atoms with Crippen molar-refractivity contribution in [1.29, 1.82) is 10.8 Å². The van der Waals surface area contributed by atoms with Crippen molar-refractivity contribution in [3.63, 3.8) is 0 Å². The molecule has 0 aromatic carbocycles. The van der Waals surface area contributed by atoms with Crippen LogP contribution in [0.2, 0.25) is 0 Å². The Labute approximate surface area is 145 Å². The summed E-state index contributed by atoms with van der Waals surface area (Å²) in [7, 11) is 0. The molecule has 3 rings (SSSR count). The predicted octanol–water partition coefficient (Wildman–Crippen LogP) is 3.69. The van der Waals surface area contributed by atoms with Gasteiger partial charge in [-0.15, -0.1) is 5.10 Å². The van der Waals surface area contributed by atoms with Crippen LogP contribution < -0.4 is 5.32 Å². The van der Waals surface area contributed by atoms with Crippen molar-refractivity contribution in [2.75, 3.05) is 5.32 Å². The van der Waals surface area contributed by atoms with Crippen molar-refractivity contribution >= 4 is 34.1 Å². The molecule has 7 nitrogen and oxygen atoms in total. The maximum atomic E-state index is 7.93. The first-order valence-corrected chi connectivity index (χ1v) is 7.95. The Morgan fingerprint density at radius 2 is 1.84 bits per heavy atom. The molecule has 3 aromatic heterocycles. The molecule has 0 aliphatic carbocycles. The van der Waals surface area contributed by atoms with Gasteiger partial charge in [-0.05, 0) is 42.7 Å². The van der Waals surface area contributed by atoms with Crippen molar-refractivity contribution in [3.05, 3.63) is 47.8 Å². The van der Waals surface area contributed by atoms with Crippen LogP contribution in [0.5, 0.6) is 0 Å². The lowest BCUT2D eigenvalue weighted by Crippen LogP contribution is -2.09. The summed E-state index contributed by atoms with van der Waals surface area (Å²) < 4.78 is 0. The molecule has 0 fully saturated rings. The minimum atomic E-state index is 0.144. The van der Waals surface area contributed by atoms with E-state index < -0.39 is 0 Å². The molecular weight excluding hydrogens is 314 g/mol. The van der Waals surface area contributed by atoms with Crippen LogP contribution in [0.25, 0.3) is 11.0 Å². The van der Waals surface area contributed by atoms with Crippen LogP contribution in [0, 0.1) is 10.8 Å². The van der Waals surface area contributed by atoms with Gasteiger partial charge in [0.1, 0.15) is 5.82 Å². The highest BCUT2D eigenvalue weighted by molar-refractivity contribution is 6.45. The number of aromatic nitrogens is 4. The van der Waals surface area contributed by atoms with E-state index in [0.717, 1.165) is 11.1 Å². The summed E-state index contributed by atoms with van der Waals surface area (Å²) in [6, 6.07) is 7.40. The quantitative estimate of drug-likeness (QED) is 0.616. The molecular formula is C18H19N7. The van der Waals surface area contributed by atoms with Crippen LogP contribution in [0.1, 0.15) is 37.8 Å². The van der Waals surface area contributed by atoms with E-state index in [1.165, 1.54) is 0 Å². The number of nitrogens with one attached hydrogen (secondary N) is 3. The Morgan fingerprint density at radius 3 is 2.56 bits per heavy atom. The molecule has 0 bridgehead atoms. The number of anilines is 2. The Bertz CT molecular complexity index is 963. The van der Waals surface area contributed by atoms with Gasteiger partial charge in [0.15, 0.2) is 5.82 Å². The molecule has 0 unspecified atom stereocenters. The van der Waals surface area contributed by atoms with E-state index in [1.54, 1.807) is 25.4 Å². The Morgan fingerprint density at radius 1 is 1.04 bits per heavy atom. The van der Waals surface area contributed by atoms with E-state index in [9.17, 15) is 0 Å². The van der Waals surface area contributed by atoms with Crippen LogP contribution in [-0.2, 0) is 0 Å². The topological polar surface area (TPSA) is 111 Å². The zero-order chi connectivity index (χ0) is 18.0. The predicted molar refractivity (Wildman–Crippen MR) is 99.2 cm³/mol. The van der Waals surface area contributed by atoms with Crippen molar-refractivity contribution < 1.29 is 0 Å². The van der Waals surface area contributed by atoms with Gasteiger partial charge in [0, 0.05) is 11.8 Å². The molecule has 0 atom stereocenters. The first-order valence-electron chi connectivity index (χ1n) is 7.95. The van der Waals surface area contributed by atoms with Crippen molar-refractivity contribution in [3.8, 4) is 0 Å². The Balaban J connectivity index is 1.93. The SMILES string of the molecule is CC(=N)C(=N)c1cnc2ccc(Nc3cc(C(C)C)cnn3)nc2c1. The molecule has 0 aliphatic rings. The Kier molecular flexibility index (Phi) is 4.47. The second kappa shape index (κ2) is 6.72. The number of hydrogen-bond acceptors (Lipinski definition) is 7. The highest BCUT2D eigenvalue weighted by Crippen LogP contribution is 2.20. The summed E-state index contributed by atoms with van der Waals surface area (Å²) in [6.07, 6.45) is 3.35. The maximum absolute atomic E-state index is 7.93. The van der Waals surface area contributed by atoms with Crippen LogP contribution in [0.4, 0.5) is 11.6 Å². The number of nitrogens with zero attached hydrogens (tertiary/aromatic N) is 4. The molecule has 3 N–H and O–H groups in total. The van der Waals surface area contributed by atoms with Crippen LogP contribution in [0.3, 0.4) is 0 Å². The van der Waals surface area contributed by atoms with E-state index in [1.807, 2.05) is 18.2 Å². The minimum absolute atomic E-state index is 0.144. The fraction of sp³-hybridized carbons (Fsp3) is 0.222. The lowest BCUT2D eigenvalue weighted by molar-refractivity contribution is 0.843. The summed E-state index contributed by atoms with van der Waals surface area (Å²) in [6.45, 7) is 5.78. The average Bonchev–Trinajstić information content (AvgIpc) is 2.60. The molecule has 0 radical (unpaired) electrons. The molecule has 7 heteroatoms. The van der Waals surface area contributed by atoms with Gasteiger partial charge in [-0.3, -0.25) is 10.4 Å². The zero-order valence-electron chi connectivity index (χ0n) is 14.3. The van der Waals surface area contributed by atoms with Crippen molar-refractivity contribution in [2.24, 2.45) is 0 Å². The largest absolute Gasteiger partial charge is 0.323 e. The fourth-order valence-corrected chi connectivity index (χ4v) is 2.32. The lowest BCUT2D eigenvalue weighted by atomic mass is 10.1. The molecule has 0 saturated carbocycles. The summed E-state index contributed by atoms with van der Waals surface area (Å²) in [5, 5.41) is 26.8. The second-order valence-corrected chi connectivity index (χ2v) is 6.11. The van der Waals surface area contributed by atoms with Crippen molar-refractivity contribution in [2.45, 2.75) is 26.7 Å². The number of fused-ring (bicyclic) bond motifs is 1. The fourth-order valence-electron chi connectivity index (χ4n) is 2.32. The number of rotatable bonds is 5. The second-order valence-electron chi connectivity index (χ2n) is 6.11. The molecule has 3 heterocycles. The summed E-state index contributed by atoms with van der Waals surface area (Å²) in [5.41, 5.74) is 3.39. The summed E-state index contributed by atoms with van der Waals surface area (Å²) in [4.78, 5) is 8.85. The average molecular weight is 333 g/mol.